The first-order chi connectivity index (χ1) is 16.8. The van der Waals surface area contributed by atoms with Crippen molar-refractivity contribution in [1.82, 2.24) is 29.5 Å². The van der Waals surface area contributed by atoms with Gasteiger partial charge in [-0.3, -0.25) is 9.36 Å². The molecule has 1 N–H and O–H groups in total. The molecule has 0 aromatic carbocycles. The number of fused-ring (bicyclic) bond motifs is 1. The minimum atomic E-state index is -4.55. The summed E-state index contributed by atoms with van der Waals surface area (Å²) >= 11 is 0. The molecule has 0 amide bonds. The fourth-order valence-electron chi connectivity index (χ4n) is 4.63. The van der Waals surface area contributed by atoms with Crippen LogP contribution in [0.4, 0.5) is 19.0 Å². The first-order valence-corrected chi connectivity index (χ1v) is 11.6. The summed E-state index contributed by atoms with van der Waals surface area (Å²) in [5, 5.41) is 13.4. The summed E-state index contributed by atoms with van der Waals surface area (Å²) in [6.07, 6.45) is 4.49. The van der Waals surface area contributed by atoms with E-state index in [1.54, 1.807) is 10.9 Å². The normalized spacial score (nSPS) is 18.7. The fraction of sp³-hybridized carbons (Fsp3) is 0.417. The van der Waals surface area contributed by atoms with E-state index >= 15 is 0 Å². The second-order valence-corrected chi connectivity index (χ2v) is 8.71. The molecule has 0 unspecified atom stereocenters. The summed E-state index contributed by atoms with van der Waals surface area (Å²) in [5.41, 5.74) is 1.70. The Bertz CT molecular complexity index is 1320. The van der Waals surface area contributed by atoms with Crippen molar-refractivity contribution < 1.29 is 17.9 Å². The Morgan fingerprint density at radius 2 is 1.94 bits per heavy atom. The van der Waals surface area contributed by atoms with Crippen molar-refractivity contribution in [1.29, 1.82) is 0 Å². The number of alkyl halides is 3. The quantitative estimate of drug-likeness (QED) is 0.402. The van der Waals surface area contributed by atoms with Crippen LogP contribution in [0, 0.1) is 0 Å². The van der Waals surface area contributed by atoms with Crippen LogP contribution in [0.2, 0.25) is 0 Å². The maximum absolute atomic E-state index is 13.3. The number of pyridine rings is 2. The molecule has 11 heteroatoms. The van der Waals surface area contributed by atoms with E-state index in [-0.39, 0.29) is 17.9 Å². The van der Waals surface area contributed by atoms with Crippen LogP contribution >= 0.6 is 0 Å². The standard InChI is InChI=1S/C24H26F3N7O/c1-3-28-21-11-19-18(13-30-21)22(15-12-31-33(2)14-15)32-34(19)16-6-8-17(9-7-16)35-20-5-4-10-29-23(20)24(25,26)27/h4-5,10-14,16-17H,3,6-9H2,1-2H3,(H,28,30)/t16-,17+. The minimum Gasteiger partial charge on any atom is -0.488 e. The minimum absolute atomic E-state index is 0.0932. The van der Waals surface area contributed by atoms with Crippen LogP contribution in [0.15, 0.2) is 43.0 Å². The van der Waals surface area contributed by atoms with E-state index in [0.717, 1.165) is 53.6 Å². The van der Waals surface area contributed by atoms with Crippen LogP contribution in [-0.2, 0) is 13.2 Å². The Morgan fingerprint density at radius 3 is 2.63 bits per heavy atom. The van der Waals surface area contributed by atoms with Gasteiger partial charge in [-0.05, 0) is 44.7 Å². The number of rotatable bonds is 6. The third-order valence-electron chi connectivity index (χ3n) is 6.25. The molecule has 0 aliphatic heterocycles. The number of aromatic nitrogens is 6. The lowest BCUT2D eigenvalue weighted by molar-refractivity contribution is -0.143. The Labute approximate surface area is 200 Å². The SMILES string of the molecule is CCNc1cc2c(cn1)c(-c1cnn(C)c1)nn2[C@H]1CC[C@@H](Oc2cccnc2C(F)(F)F)CC1. The van der Waals surface area contributed by atoms with Crippen molar-refractivity contribution in [2.24, 2.45) is 7.05 Å². The van der Waals surface area contributed by atoms with Crippen molar-refractivity contribution in [3.05, 3.63) is 48.7 Å². The van der Waals surface area contributed by atoms with Crippen LogP contribution < -0.4 is 10.1 Å². The fourth-order valence-corrected chi connectivity index (χ4v) is 4.63. The van der Waals surface area contributed by atoms with Crippen molar-refractivity contribution in [2.75, 3.05) is 11.9 Å². The summed E-state index contributed by atoms with van der Waals surface area (Å²) in [5.74, 6) is 0.556. The zero-order valence-corrected chi connectivity index (χ0v) is 19.5. The molecule has 0 atom stereocenters. The highest BCUT2D eigenvalue weighted by Gasteiger charge is 2.37. The topological polar surface area (TPSA) is 82.7 Å². The molecule has 1 aliphatic rings. The highest BCUT2D eigenvalue weighted by molar-refractivity contribution is 5.93. The van der Waals surface area contributed by atoms with Gasteiger partial charge in [-0.1, -0.05) is 0 Å². The highest BCUT2D eigenvalue weighted by Crippen LogP contribution is 2.39. The van der Waals surface area contributed by atoms with E-state index in [1.165, 1.54) is 12.1 Å². The first-order valence-electron chi connectivity index (χ1n) is 11.6. The Hall–Kier alpha value is -3.63. The van der Waals surface area contributed by atoms with Crippen LogP contribution in [0.5, 0.6) is 5.75 Å². The smallest absolute Gasteiger partial charge is 0.437 e. The number of nitrogens with zero attached hydrogens (tertiary/aromatic N) is 6. The molecule has 1 saturated carbocycles. The average Bonchev–Trinajstić information content (AvgIpc) is 3.43. The predicted octanol–water partition coefficient (Wildman–Crippen LogP) is 5.24. The Kier molecular flexibility index (Phi) is 6.08. The van der Waals surface area contributed by atoms with Gasteiger partial charge in [-0.2, -0.15) is 23.4 Å². The molecule has 0 bridgehead atoms. The molecule has 1 fully saturated rings. The van der Waals surface area contributed by atoms with E-state index in [4.69, 9.17) is 9.84 Å². The molecule has 8 nitrogen and oxygen atoms in total. The largest absolute Gasteiger partial charge is 0.488 e. The van der Waals surface area contributed by atoms with Gasteiger partial charge in [0.2, 0.25) is 0 Å². The summed E-state index contributed by atoms with van der Waals surface area (Å²) in [7, 11) is 1.86. The predicted molar refractivity (Wildman–Crippen MR) is 125 cm³/mol. The Balaban J connectivity index is 1.39. The van der Waals surface area contributed by atoms with Crippen LogP contribution in [0.1, 0.15) is 44.3 Å². The van der Waals surface area contributed by atoms with Gasteiger partial charge in [0, 0.05) is 49.2 Å². The number of anilines is 1. The third-order valence-corrected chi connectivity index (χ3v) is 6.25. The lowest BCUT2D eigenvalue weighted by Crippen LogP contribution is -2.27. The molecule has 0 spiro atoms. The van der Waals surface area contributed by atoms with Crippen LogP contribution in [0.3, 0.4) is 0 Å². The number of hydrogen-bond acceptors (Lipinski definition) is 6. The molecule has 4 aromatic rings. The van der Waals surface area contributed by atoms with E-state index in [9.17, 15) is 13.2 Å². The zero-order chi connectivity index (χ0) is 24.6. The maximum Gasteiger partial charge on any atom is 0.437 e. The highest BCUT2D eigenvalue weighted by atomic mass is 19.4. The van der Waals surface area contributed by atoms with Crippen molar-refractivity contribution in [3.8, 4) is 17.0 Å². The monoisotopic (exact) mass is 485 g/mol. The van der Waals surface area contributed by atoms with Gasteiger partial charge < -0.3 is 10.1 Å². The van der Waals surface area contributed by atoms with Crippen molar-refractivity contribution in [3.63, 3.8) is 0 Å². The van der Waals surface area contributed by atoms with E-state index < -0.39 is 11.9 Å². The van der Waals surface area contributed by atoms with Crippen LogP contribution in [-0.4, -0.2) is 42.2 Å². The molecule has 184 valence electrons. The molecule has 0 saturated heterocycles. The number of ether oxygens (including phenoxy) is 1. The lowest BCUT2D eigenvalue weighted by Gasteiger charge is -2.30. The Morgan fingerprint density at radius 1 is 1.14 bits per heavy atom. The molecule has 4 aromatic heterocycles. The third kappa shape index (κ3) is 4.67. The maximum atomic E-state index is 13.3. The molecule has 5 rings (SSSR count). The van der Waals surface area contributed by atoms with Gasteiger partial charge >= 0.3 is 6.18 Å². The van der Waals surface area contributed by atoms with Gasteiger partial charge in [0.15, 0.2) is 11.4 Å². The van der Waals surface area contributed by atoms with E-state index in [0.29, 0.717) is 12.8 Å². The summed E-state index contributed by atoms with van der Waals surface area (Å²) in [4.78, 5) is 8.01. The summed E-state index contributed by atoms with van der Waals surface area (Å²) in [6.45, 7) is 2.76. The van der Waals surface area contributed by atoms with Gasteiger partial charge in [-0.25, -0.2) is 9.97 Å². The lowest BCUT2D eigenvalue weighted by atomic mass is 9.93. The second kappa shape index (κ2) is 9.20. The first kappa shape index (κ1) is 23.1. The summed E-state index contributed by atoms with van der Waals surface area (Å²) in [6, 6.07) is 4.88. The zero-order valence-electron chi connectivity index (χ0n) is 19.5. The molecule has 4 heterocycles. The van der Waals surface area contributed by atoms with Gasteiger partial charge in [-0.15, -0.1) is 0 Å². The molecule has 1 aliphatic carbocycles. The van der Waals surface area contributed by atoms with Crippen LogP contribution in [0.25, 0.3) is 22.2 Å². The van der Waals surface area contributed by atoms with E-state index in [2.05, 4.69) is 20.4 Å². The number of nitrogens with one attached hydrogen (secondary N) is 1. The van der Waals surface area contributed by atoms with Gasteiger partial charge in [0.25, 0.3) is 0 Å². The van der Waals surface area contributed by atoms with Crippen molar-refractivity contribution in [2.45, 2.75) is 50.9 Å². The van der Waals surface area contributed by atoms with E-state index in [1.807, 2.05) is 37.1 Å². The second-order valence-electron chi connectivity index (χ2n) is 8.71. The van der Waals surface area contributed by atoms with Gasteiger partial charge in [0.1, 0.15) is 11.5 Å². The summed E-state index contributed by atoms with van der Waals surface area (Å²) < 4.78 is 49.4. The number of halogens is 3. The molecule has 35 heavy (non-hydrogen) atoms. The molecular weight excluding hydrogens is 459 g/mol. The molecular formula is C24H26F3N7O. The molecule has 0 radical (unpaired) electrons. The number of hydrogen-bond donors (Lipinski definition) is 1. The average molecular weight is 486 g/mol. The van der Waals surface area contributed by atoms with Gasteiger partial charge in [0.05, 0.1) is 23.9 Å². The number of aryl methyl sites for hydroxylation is 1. The van der Waals surface area contributed by atoms with Crippen molar-refractivity contribution >= 4 is 16.7 Å².